The predicted octanol–water partition coefficient (Wildman–Crippen LogP) is 2.42. The summed E-state index contributed by atoms with van der Waals surface area (Å²) in [5.41, 5.74) is 0.734. The normalized spacial score (nSPS) is 24.4. The van der Waals surface area contributed by atoms with Gasteiger partial charge in [0, 0.05) is 12.1 Å². The summed E-state index contributed by atoms with van der Waals surface area (Å²) in [4.78, 5) is 11.7. The highest BCUT2D eigenvalue weighted by Crippen LogP contribution is 2.32. The van der Waals surface area contributed by atoms with E-state index < -0.39 is 17.7 Å². The molecule has 0 aliphatic carbocycles. The van der Waals surface area contributed by atoms with Gasteiger partial charge >= 0.3 is 0 Å². The summed E-state index contributed by atoms with van der Waals surface area (Å²) in [6.45, 7) is 0.644. The number of ether oxygens (including phenoxy) is 4. The third-order valence-corrected chi connectivity index (χ3v) is 5.84. The van der Waals surface area contributed by atoms with Gasteiger partial charge in [0.2, 0.25) is 0 Å². The van der Waals surface area contributed by atoms with Crippen molar-refractivity contribution in [2.45, 2.75) is 31.0 Å². The minimum absolute atomic E-state index is 0.0750. The summed E-state index contributed by atoms with van der Waals surface area (Å²) in [6.07, 6.45) is -1.28. The standard InChI is InChI=1S/C21H21ClF2N4O5/c22-11-6-14-20(27-19(11)25-7-10-12(23)2-1-3-13(10)24)28-21(26-14)33-16-9-32-17-15(30-5-4-29)8-31-18(16)17/h1-3,6,15-18,29H,4-5,7-9H2,(H2,25,26,27,28)/t15-,16-,17-,18-/m1/s1. The van der Waals surface area contributed by atoms with E-state index in [1.165, 1.54) is 18.2 Å². The van der Waals surface area contributed by atoms with Crippen molar-refractivity contribution < 1.29 is 32.8 Å². The number of nitrogens with zero attached hydrogens (tertiary/aromatic N) is 2. The molecule has 4 atom stereocenters. The zero-order valence-corrected chi connectivity index (χ0v) is 18.0. The number of aliphatic hydroxyl groups is 1. The van der Waals surface area contributed by atoms with E-state index in [1.807, 2.05) is 0 Å². The molecule has 3 aromatic rings. The molecule has 0 amide bonds. The van der Waals surface area contributed by atoms with Crippen molar-refractivity contribution in [2.24, 2.45) is 0 Å². The van der Waals surface area contributed by atoms with E-state index in [0.29, 0.717) is 24.4 Å². The number of nitrogens with one attached hydrogen (secondary N) is 2. The van der Waals surface area contributed by atoms with Crippen LogP contribution in [0.15, 0.2) is 24.3 Å². The molecular weight excluding hydrogens is 462 g/mol. The number of H-pyrrole nitrogens is 1. The van der Waals surface area contributed by atoms with E-state index >= 15 is 0 Å². The highest BCUT2D eigenvalue weighted by Gasteiger charge is 2.49. The summed E-state index contributed by atoms with van der Waals surface area (Å²) < 4.78 is 50.8. The van der Waals surface area contributed by atoms with Crippen LogP contribution in [0, 0.1) is 11.6 Å². The number of rotatable bonds is 8. The molecular formula is C21H21ClF2N4O5. The van der Waals surface area contributed by atoms with Crippen molar-refractivity contribution in [1.29, 1.82) is 0 Å². The Hall–Kier alpha value is -2.57. The molecule has 2 saturated heterocycles. The predicted molar refractivity (Wildman–Crippen MR) is 113 cm³/mol. The maximum atomic E-state index is 13.9. The van der Waals surface area contributed by atoms with Crippen LogP contribution < -0.4 is 10.1 Å². The fraction of sp³-hybridized carbons (Fsp3) is 0.429. The Morgan fingerprint density at radius 2 is 1.88 bits per heavy atom. The second kappa shape index (κ2) is 9.35. The molecule has 0 unspecified atom stereocenters. The van der Waals surface area contributed by atoms with Gasteiger partial charge in [-0.1, -0.05) is 17.7 Å². The van der Waals surface area contributed by atoms with Gasteiger partial charge in [-0.2, -0.15) is 4.98 Å². The van der Waals surface area contributed by atoms with Gasteiger partial charge in [-0.3, -0.25) is 0 Å². The summed E-state index contributed by atoms with van der Waals surface area (Å²) in [7, 11) is 0. The third kappa shape index (κ3) is 4.46. The maximum Gasteiger partial charge on any atom is 0.296 e. The molecule has 3 N–H and O–H groups in total. The minimum atomic E-state index is -0.662. The molecule has 0 spiro atoms. The lowest BCUT2D eigenvalue weighted by Crippen LogP contribution is -2.36. The first kappa shape index (κ1) is 22.2. The zero-order chi connectivity index (χ0) is 22.9. The van der Waals surface area contributed by atoms with E-state index in [1.54, 1.807) is 6.07 Å². The molecule has 2 aliphatic rings. The largest absolute Gasteiger partial charge is 0.456 e. The number of aliphatic hydroxyl groups excluding tert-OH is 1. The van der Waals surface area contributed by atoms with Crippen LogP contribution in [0.5, 0.6) is 6.01 Å². The number of imidazole rings is 1. The topological polar surface area (TPSA) is 111 Å². The molecule has 33 heavy (non-hydrogen) atoms. The van der Waals surface area contributed by atoms with Gasteiger partial charge in [0.25, 0.3) is 6.01 Å². The molecule has 2 aromatic heterocycles. The Morgan fingerprint density at radius 3 is 2.64 bits per heavy atom. The first-order chi connectivity index (χ1) is 16.0. The molecule has 5 rings (SSSR count). The van der Waals surface area contributed by atoms with E-state index in [0.717, 1.165) is 0 Å². The Balaban J connectivity index is 1.28. The smallest absolute Gasteiger partial charge is 0.296 e. The number of anilines is 1. The monoisotopic (exact) mass is 482 g/mol. The summed E-state index contributed by atoms with van der Waals surface area (Å²) in [6, 6.07) is 5.48. The molecule has 1 aromatic carbocycles. The van der Waals surface area contributed by atoms with Gasteiger partial charge in [0.1, 0.15) is 35.8 Å². The number of aromatic nitrogens is 3. The van der Waals surface area contributed by atoms with Gasteiger partial charge in [-0.25, -0.2) is 13.8 Å². The van der Waals surface area contributed by atoms with Crippen molar-refractivity contribution in [3.8, 4) is 6.01 Å². The van der Waals surface area contributed by atoms with Crippen LogP contribution in [0.25, 0.3) is 11.2 Å². The summed E-state index contributed by atoms with van der Waals surface area (Å²) in [5, 5.41) is 12.0. The third-order valence-electron chi connectivity index (χ3n) is 5.55. The van der Waals surface area contributed by atoms with Crippen LogP contribution in [0.1, 0.15) is 5.56 Å². The second-order valence-corrected chi connectivity index (χ2v) is 8.08. The van der Waals surface area contributed by atoms with Gasteiger partial charge in [0.15, 0.2) is 11.8 Å². The van der Waals surface area contributed by atoms with Crippen LogP contribution in [0.4, 0.5) is 14.6 Å². The van der Waals surface area contributed by atoms with Crippen LogP contribution >= 0.6 is 11.6 Å². The van der Waals surface area contributed by atoms with E-state index in [2.05, 4.69) is 20.3 Å². The molecule has 12 heteroatoms. The molecule has 0 radical (unpaired) electrons. The van der Waals surface area contributed by atoms with Crippen LogP contribution in [0.2, 0.25) is 5.02 Å². The van der Waals surface area contributed by atoms with Gasteiger partial charge in [-0.05, 0) is 18.2 Å². The molecule has 2 aliphatic heterocycles. The van der Waals surface area contributed by atoms with Crippen molar-refractivity contribution in [1.82, 2.24) is 15.0 Å². The van der Waals surface area contributed by atoms with Crippen molar-refractivity contribution in [2.75, 3.05) is 31.7 Å². The molecule has 2 fully saturated rings. The average molecular weight is 483 g/mol. The van der Waals surface area contributed by atoms with Crippen LogP contribution in [-0.2, 0) is 20.8 Å². The SMILES string of the molecule is OCCO[C@@H]1CO[C@H]2[C@@H]1OC[C@H]2Oc1nc2nc(NCc3c(F)cccc3F)c(Cl)cc2[nH]1. The highest BCUT2D eigenvalue weighted by molar-refractivity contribution is 6.33. The highest BCUT2D eigenvalue weighted by atomic mass is 35.5. The first-order valence-corrected chi connectivity index (χ1v) is 10.8. The molecule has 176 valence electrons. The molecule has 9 nitrogen and oxygen atoms in total. The molecule has 0 saturated carbocycles. The quantitative estimate of drug-likeness (QED) is 0.449. The lowest BCUT2D eigenvalue weighted by Gasteiger charge is -2.16. The zero-order valence-electron chi connectivity index (χ0n) is 17.3. The van der Waals surface area contributed by atoms with E-state index in [4.69, 9.17) is 35.7 Å². The number of aromatic amines is 1. The van der Waals surface area contributed by atoms with Crippen LogP contribution in [-0.4, -0.2) is 70.9 Å². The number of halogens is 3. The van der Waals surface area contributed by atoms with Gasteiger partial charge < -0.3 is 34.4 Å². The Bertz CT molecular complexity index is 1130. The fourth-order valence-corrected chi connectivity index (χ4v) is 4.19. The van der Waals surface area contributed by atoms with Gasteiger partial charge in [0.05, 0.1) is 37.0 Å². The summed E-state index contributed by atoms with van der Waals surface area (Å²) in [5.74, 6) is -1.09. The van der Waals surface area contributed by atoms with Crippen LogP contribution in [0.3, 0.4) is 0 Å². The molecule has 4 heterocycles. The Labute approximate surface area is 192 Å². The number of hydrogen-bond acceptors (Lipinski definition) is 8. The maximum absolute atomic E-state index is 13.9. The minimum Gasteiger partial charge on any atom is -0.456 e. The lowest BCUT2D eigenvalue weighted by molar-refractivity contribution is -0.0444. The second-order valence-electron chi connectivity index (χ2n) is 7.67. The number of pyridine rings is 1. The Kier molecular flexibility index (Phi) is 6.30. The lowest BCUT2D eigenvalue weighted by atomic mass is 10.1. The average Bonchev–Trinajstić information content (AvgIpc) is 3.48. The fourth-order valence-electron chi connectivity index (χ4n) is 3.97. The Morgan fingerprint density at radius 1 is 1.15 bits per heavy atom. The number of hydrogen-bond donors (Lipinski definition) is 3. The summed E-state index contributed by atoms with van der Waals surface area (Å²) >= 11 is 6.29. The van der Waals surface area contributed by atoms with E-state index in [9.17, 15) is 8.78 Å². The number of benzene rings is 1. The number of fused-ring (bicyclic) bond motifs is 2. The van der Waals surface area contributed by atoms with Gasteiger partial charge in [-0.15, -0.1) is 0 Å². The van der Waals surface area contributed by atoms with E-state index in [-0.39, 0.29) is 60.5 Å². The molecule has 0 bridgehead atoms. The first-order valence-electron chi connectivity index (χ1n) is 10.4. The van der Waals surface area contributed by atoms with Crippen molar-refractivity contribution in [3.05, 3.63) is 46.5 Å². The van der Waals surface area contributed by atoms with Crippen molar-refractivity contribution in [3.63, 3.8) is 0 Å². The van der Waals surface area contributed by atoms with Crippen molar-refractivity contribution >= 4 is 28.6 Å².